The standard InChI is InChI=1S/C18H25NO2/c1-3-17(13-7-5-4-6-8-13)18(20)21-16-11-14-9-10-15(12-16)19(14)2/h4-8,14-17H,3,9-12H2,1-2H3/t14-,15+,16?,17-/m0/s1. The molecule has 2 fully saturated rings. The Bertz CT molecular complexity index is 473. The molecule has 1 aromatic carbocycles. The Kier molecular flexibility index (Phi) is 4.29. The van der Waals surface area contributed by atoms with E-state index in [4.69, 9.17) is 4.74 Å². The number of hydrogen-bond acceptors (Lipinski definition) is 3. The third-order valence-electron chi connectivity index (χ3n) is 5.23. The predicted molar refractivity (Wildman–Crippen MR) is 83.2 cm³/mol. The van der Waals surface area contributed by atoms with E-state index in [1.54, 1.807) is 0 Å². The van der Waals surface area contributed by atoms with Gasteiger partial charge < -0.3 is 9.64 Å². The number of rotatable bonds is 4. The zero-order chi connectivity index (χ0) is 14.8. The Morgan fingerprint density at radius 2 is 1.86 bits per heavy atom. The number of nitrogens with zero attached hydrogens (tertiary/aromatic N) is 1. The summed E-state index contributed by atoms with van der Waals surface area (Å²) in [4.78, 5) is 15.0. The second-order valence-electron chi connectivity index (χ2n) is 6.45. The number of ether oxygens (including phenoxy) is 1. The smallest absolute Gasteiger partial charge is 0.313 e. The molecule has 0 radical (unpaired) electrons. The van der Waals surface area contributed by atoms with E-state index in [0.717, 1.165) is 24.8 Å². The van der Waals surface area contributed by atoms with Gasteiger partial charge >= 0.3 is 5.97 Å². The third-order valence-corrected chi connectivity index (χ3v) is 5.23. The van der Waals surface area contributed by atoms with Crippen LogP contribution in [0, 0.1) is 0 Å². The van der Waals surface area contributed by atoms with Gasteiger partial charge in [0.25, 0.3) is 0 Å². The number of piperidine rings is 1. The van der Waals surface area contributed by atoms with Crippen LogP contribution in [-0.4, -0.2) is 36.1 Å². The quantitative estimate of drug-likeness (QED) is 0.795. The number of benzene rings is 1. The summed E-state index contributed by atoms with van der Waals surface area (Å²) in [6.07, 6.45) is 5.43. The van der Waals surface area contributed by atoms with E-state index in [0.29, 0.717) is 12.1 Å². The Morgan fingerprint density at radius 3 is 2.43 bits per heavy atom. The number of carbonyl (C=O) groups is 1. The third kappa shape index (κ3) is 2.98. The molecule has 2 heterocycles. The van der Waals surface area contributed by atoms with Gasteiger partial charge in [-0.05, 0) is 44.7 Å². The average Bonchev–Trinajstić information content (AvgIpc) is 2.72. The molecule has 0 spiro atoms. The number of hydrogen-bond donors (Lipinski definition) is 0. The van der Waals surface area contributed by atoms with E-state index in [-0.39, 0.29) is 18.0 Å². The molecule has 1 aromatic rings. The topological polar surface area (TPSA) is 29.5 Å². The molecule has 2 saturated heterocycles. The van der Waals surface area contributed by atoms with Crippen LogP contribution in [0.4, 0.5) is 0 Å². The van der Waals surface area contributed by atoms with Crippen molar-refractivity contribution in [1.29, 1.82) is 0 Å². The van der Waals surface area contributed by atoms with E-state index in [1.807, 2.05) is 30.3 Å². The van der Waals surface area contributed by atoms with Crippen molar-refractivity contribution in [2.75, 3.05) is 7.05 Å². The molecule has 2 aliphatic heterocycles. The summed E-state index contributed by atoms with van der Waals surface area (Å²) in [5.41, 5.74) is 1.07. The largest absolute Gasteiger partial charge is 0.462 e. The Hall–Kier alpha value is -1.35. The maximum Gasteiger partial charge on any atom is 0.313 e. The lowest BCUT2D eigenvalue weighted by atomic mass is 9.96. The average molecular weight is 287 g/mol. The van der Waals surface area contributed by atoms with E-state index in [9.17, 15) is 4.79 Å². The predicted octanol–water partition coefficient (Wildman–Crippen LogP) is 3.35. The van der Waals surface area contributed by atoms with Crippen molar-refractivity contribution in [3.63, 3.8) is 0 Å². The summed E-state index contributed by atoms with van der Waals surface area (Å²) < 4.78 is 5.86. The molecule has 3 nitrogen and oxygen atoms in total. The van der Waals surface area contributed by atoms with Crippen LogP contribution in [0.15, 0.2) is 30.3 Å². The number of esters is 1. The lowest BCUT2D eigenvalue weighted by Crippen LogP contribution is -2.43. The van der Waals surface area contributed by atoms with Gasteiger partial charge in [0.2, 0.25) is 0 Å². The van der Waals surface area contributed by atoms with Crippen molar-refractivity contribution >= 4 is 5.97 Å². The monoisotopic (exact) mass is 287 g/mol. The summed E-state index contributed by atoms with van der Waals surface area (Å²) in [5.74, 6) is -0.166. The van der Waals surface area contributed by atoms with Gasteiger partial charge in [-0.1, -0.05) is 37.3 Å². The molecular formula is C18H25NO2. The fraction of sp³-hybridized carbons (Fsp3) is 0.611. The second-order valence-corrected chi connectivity index (χ2v) is 6.45. The molecule has 3 rings (SSSR count). The fourth-order valence-corrected chi connectivity index (χ4v) is 3.93. The molecule has 0 aliphatic carbocycles. The normalized spacial score (nSPS) is 30.1. The zero-order valence-corrected chi connectivity index (χ0v) is 13.0. The maximum atomic E-state index is 12.5. The molecule has 3 heteroatoms. The van der Waals surface area contributed by atoms with E-state index in [2.05, 4.69) is 18.9 Å². The van der Waals surface area contributed by atoms with E-state index in [1.165, 1.54) is 12.8 Å². The van der Waals surface area contributed by atoms with Crippen molar-refractivity contribution in [1.82, 2.24) is 4.90 Å². The molecule has 21 heavy (non-hydrogen) atoms. The fourth-order valence-electron chi connectivity index (χ4n) is 3.93. The van der Waals surface area contributed by atoms with Crippen LogP contribution in [-0.2, 0) is 9.53 Å². The van der Waals surface area contributed by atoms with Gasteiger partial charge in [0, 0.05) is 12.1 Å². The molecule has 2 aliphatic rings. The summed E-state index contributed by atoms with van der Waals surface area (Å²) >= 11 is 0. The van der Waals surface area contributed by atoms with Crippen LogP contribution in [0.1, 0.15) is 50.5 Å². The maximum absolute atomic E-state index is 12.5. The summed E-state index contributed by atoms with van der Waals surface area (Å²) in [7, 11) is 2.21. The van der Waals surface area contributed by atoms with Gasteiger partial charge in [-0.2, -0.15) is 0 Å². The molecular weight excluding hydrogens is 262 g/mol. The molecule has 0 aromatic heterocycles. The highest BCUT2D eigenvalue weighted by Gasteiger charge is 2.40. The highest BCUT2D eigenvalue weighted by atomic mass is 16.5. The van der Waals surface area contributed by atoms with E-state index < -0.39 is 0 Å². The molecule has 4 atom stereocenters. The minimum absolute atomic E-state index is 0.0438. The van der Waals surface area contributed by atoms with Crippen molar-refractivity contribution in [2.24, 2.45) is 0 Å². The van der Waals surface area contributed by atoms with Crippen LogP contribution >= 0.6 is 0 Å². The Balaban J connectivity index is 1.63. The Morgan fingerprint density at radius 1 is 1.24 bits per heavy atom. The highest BCUT2D eigenvalue weighted by Crippen LogP contribution is 2.36. The van der Waals surface area contributed by atoms with Gasteiger partial charge in [0.1, 0.15) is 6.10 Å². The molecule has 1 unspecified atom stereocenters. The lowest BCUT2D eigenvalue weighted by Gasteiger charge is -2.36. The first-order valence-corrected chi connectivity index (χ1v) is 8.16. The first-order valence-electron chi connectivity index (χ1n) is 8.16. The van der Waals surface area contributed by atoms with Crippen LogP contribution in [0.25, 0.3) is 0 Å². The van der Waals surface area contributed by atoms with Gasteiger partial charge in [-0.15, -0.1) is 0 Å². The lowest BCUT2D eigenvalue weighted by molar-refractivity contribution is -0.154. The van der Waals surface area contributed by atoms with Gasteiger partial charge in [0.05, 0.1) is 5.92 Å². The van der Waals surface area contributed by atoms with Gasteiger partial charge in [-0.3, -0.25) is 4.79 Å². The first-order chi connectivity index (χ1) is 10.2. The van der Waals surface area contributed by atoms with Crippen molar-refractivity contribution in [3.8, 4) is 0 Å². The van der Waals surface area contributed by atoms with Crippen LogP contribution in [0.3, 0.4) is 0 Å². The molecule has 0 saturated carbocycles. The van der Waals surface area contributed by atoms with Crippen LogP contribution in [0.5, 0.6) is 0 Å². The molecule has 114 valence electrons. The summed E-state index contributed by atoms with van der Waals surface area (Å²) in [5, 5.41) is 0. The minimum Gasteiger partial charge on any atom is -0.462 e. The SMILES string of the molecule is CC[C@H](C(=O)OC1C[C@H]2CC[C@@H](C1)N2C)c1ccccc1. The van der Waals surface area contributed by atoms with E-state index >= 15 is 0 Å². The second kappa shape index (κ2) is 6.18. The highest BCUT2D eigenvalue weighted by molar-refractivity contribution is 5.78. The summed E-state index contributed by atoms with van der Waals surface area (Å²) in [6.45, 7) is 2.05. The van der Waals surface area contributed by atoms with Crippen molar-refractivity contribution < 1.29 is 9.53 Å². The summed E-state index contributed by atoms with van der Waals surface area (Å²) in [6, 6.07) is 11.2. The minimum atomic E-state index is -0.122. The molecule has 0 N–H and O–H groups in total. The van der Waals surface area contributed by atoms with Crippen LogP contribution < -0.4 is 0 Å². The first kappa shape index (κ1) is 14.6. The Labute approximate surface area is 127 Å². The van der Waals surface area contributed by atoms with Crippen LogP contribution in [0.2, 0.25) is 0 Å². The zero-order valence-electron chi connectivity index (χ0n) is 13.0. The number of carbonyl (C=O) groups excluding carboxylic acids is 1. The van der Waals surface area contributed by atoms with Crippen molar-refractivity contribution in [2.45, 2.75) is 63.1 Å². The van der Waals surface area contributed by atoms with Gasteiger partial charge in [-0.25, -0.2) is 0 Å². The molecule has 0 amide bonds. The molecule has 2 bridgehead atoms. The van der Waals surface area contributed by atoms with Gasteiger partial charge in [0.15, 0.2) is 0 Å². The number of fused-ring (bicyclic) bond motifs is 2. The van der Waals surface area contributed by atoms with Crippen molar-refractivity contribution in [3.05, 3.63) is 35.9 Å².